The third-order valence-corrected chi connectivity index (χ3v) is 10.1. The van der Waals surface area contributed by atoms with Gasteiger partial charge in [0.2, 0.25) is 5.91 Å². The van der Waals surface area contributed by atoms with Crippen LogP contribution in [0.2, 0.25) is 0 Å². The van der Waals surface area contributed by atoms with E-state index < -0.39 is 6.17 Å². The highest BCUT2D eigenvalue weighted by atomic mass is 35.5. The molecule has 0 spiro atoms. The first-order valence-electron chi connectivity index (χ1n) is 11.4. The van der Waals surface area contributed by atoms with E-state index in [1.54, 1.807) is 0 Å². The van der Waals surface area contributed by atoms with Crippen molar-refractivity contribution in [3.8, 4) is 0 Å². The lowest BCUT2D eigenvalue weighted by Crippen LogP contribution is -2.52. The summed E-state index contributed by atoms with van der Waals surface area (Å²) in [6, 6.07) is -0.280. The van der Waals surface area contributed by atoms with Crippen LogP contribution in [0.4, 0.5) is 4.39 Å². The fraction of sp³-hybridized carbons (Fsp3) is 0.955. The lowest BCUT2D eigenvalue weighted by Gasteiger charge is -2.48. The molecule has 1 aliphatic heterocycles. The number of hydrogen-bond acceptors (Lipinski definition) is 3. The molecule has 0 aromatic heterocycles. The summed E-state index contributed by atoms with van der Waals surface area (Å²) in [5, 5.41) is 4.03. The van der Waals surface area contributed by atoms with Crippen molar-refractivity contribution in [1.82, 2.24) is 5.32 Å². The smallest absolute Gasteiger partial charge is 0.223 e. The number of nitrogens with one attached hydrogen (secondary N) is 1. The number of carbonyl (C=O) groups excluding carboxylic acids is 1. The minimum absolute atomic E-state index is 0.0883. The zero-order chi connectivity index (χ0) is 19.6. The first-order valence-corrected chi connectivity index (χ1v) is 12.7. The van der Waals surface area contributed by atoms with Crippen molar-refractivity contribution in [3.05, 3.63) is 0 Å². The molecule has 6 heteroatoms. The Kier molecular flexibility index (Phi) is 7.15. The lowest BCUT2D eigenvalue weighted by molar-refractivity contribution is -0.129. The molecule has 3 aliphatic carbocycles. The summed E-state index contributed by atoms with van der Waals surface area (Å²) in [7, 11) is 0. The van der Waals surface area contributed by atoms with Crippen molar-refractivity contribution in [3.63, 3.8) is 0 Å². The quantitative estimate of drug-likeness (QED) is 0.604. The van der Waals surface area contributed by atoms with Crippen LogP contribution in [0, 0.1) is 11.8 Å². The van der Waals surface area contributed by atoms with Crippen LogP contribution in [0.5, 0.6) is 0 Å². The van der Waals surface area contributed by atoms with Crippen LogP contribution in [-0.4, -0.2) is 46.7 Å². The fourth-order valence-electron chi connectivity index (χ4n) is 5.54. The monoisotopic (exact) mass is 431 g/mol. The second-order valence-corrected chi connectivity index (χ2v) is 11.8. The normalized spacial score (nSPS) is 39.1. The van der Waals surface area contributed by atoms with E-state index >= 15 is 4.39 Å². The minimum Gasteiger partial charge on any atom is -0.381 e. The number of carbonyl (C=O) groups is 1. The van der Waals surface area contributed by atoms with Gasteiger partial charge in [0.15, 0.2) is 0 Å². The van der Waals surface area contributed by atoms with Gasteiger partial charge in [0.1, 0.15) is 6.17 Å². The molecule has 0 aromatic carbocycles. The first kappa shape index (κ1) is 21.2. The fourth-order valence-corrected chi connectivity index (χ4v) is 7.77. The van der Waals surface area contributed by atoms with E-state index in [1.165, 1.54) is 12.8 Å². The number of alkyl halides is 2. The minimum atomic E-state index is -0.915. The predicted molar refractivity (Wildman–Crippen MR) is 114 cm³/mol. The Morgan fingerprint density at radius 2 is 1.75 bits per heavy atom. The SMILES string of the molecule is O=C(NC1CCC(C2(SC3CCC(Cl)CC3)CCOCC2)CC1F)C1CCC1. The van der Waals surface area contributed by atoms with Gasteiger partial charge in [0.05, 0.1) is 6.04 Å². The summed E-state index contributed by atoms with van der Waals surface area (Å²) < 4.78 is 21.0. The maximum atomic E-state index is 15.1. The summed E-state index contributed by atoms with van der Waals surface area (Å²) in [5.74, 6) is 0.617. The number of thioether (sulfide) groups is 1. The van der Waals surface area contributed by atoms with E-state index in [4.69, 9.17) is 16.3 Å². The molecule has 160 valence electrons. The van der Waals surface area contributed by atoms with Crippen LogP contribution in [-0.2, 0) is 9.53 Å². The number of hydrogen-bond donors (Lipinski definition) is 1. The van der Waals surface area contributed by atoms with Crippen molar-refractivity contribution in [2.24, 2.45) is 11.8 Å². The third-order valence-electron chi connectivity index (χ3n) is 7.66. The van der Waals surface area contributed by atoms with E-state index in [2.05, 4.69) is 17.1 Å². The van der Waals surface area contributed by atoms with Crippen LogP contribution >= 0.6 is 23.4 Å². The van der Waals surface area contributed by atoms with Gasteiger partial charge < -0.3 is 10.1 Å². The molecule has 4 aliphatic rings. The molecule has 4 rings (SSSR count). The van der Waals surface area contributed by atoms with E-state index in [0.29, 0.717) is 23.0 Å². The molecule has 0 radical (unpaired) electrons. The first-order chi connectivity index (χ1) is 13.6. The highest BCUT2D eigenvalue weighted by molar-refractivity contribution is 8.01. The Bertz CT molecular complexity index is 533. The molecule has 0 aromatic rings. The molecule has 1 saturated heterocycles. The van der Waals surface area contributed by atoms with Gasteiger partial charge in [-0.1, -0.05) is 6.42 Å². The average Bonchev–Trinajstić information content (AvgIpc) is 2.64. The number of amides is 1. The molecule has 3 unspecified atom stereocenters. The van der Waals surface area contributed by atoms with Crippen molar-refractivity contribution in [1.29, 1.82) is 0 Å². The molecule has 1 heterocycles. The van der Waals surface area contributed by atoms with Gasteiger partial charge in [-0.3, -0.25) is 4.79 Å². The predicted octanol–water partition coefficient (Wildman–Crippen LogP) is 5.24. The van der Waals surface area contributed by atoms with Gasteiger partial charge in [-0.25, -0.2) is 4.39 Å². The van der Waals surface area contributed by atoms with E-state index in [-0.39, 0.29) is 22.6 Å². The summed E-state index contributed by atoms with van der Waals surface area (Å²) in [4.78, 5) is 12.3. The van der Waals surface area contributed by atoms with E-state index in [0.717, 1.165) is 71.0 Å². The molecule has 4 fully saturated rings. The lowest BCUT2D eigenvalue weighted by atomic mass is 9.73. The van der Waals surface area contributed by atoms with Gasteiger partial charge in [-0.15, -0.1) is 11.6 Å². The van der Waals surface area contributed by atoms with Crippen molar-refractivity contribution in [2.45, 2.75) is 105 Å². The maximum absolute atomic E-state index is 15.1. The van der Waals surface area contributed by atoms with Gasteiger partial charge in [-0.2, -0.15) is 11.8 Å². The maximum Gasteiger partial charge on any atom is 0.223 e. The number of rotatable bonds is 5. The Labute approximate surface area is 178 Å². The third kappa shape index (κ3) is 4.83. The Morgan fingerprint density at radius 3 is 2.36 bits per heavy atom. The van der Waals surface area contributed by atoms with Crippen LogP contribution < -0.4 is 5.32 Å². The van der Waals surface area contributed by atoms with Crippen LogP contribution in [0.1, 0.15) is 77.0 Å². The number of ether oxygens (including phenoxy) is 1. The van der Waals surface area contributed by atoms with Crippen molar-refractivity contribution < 1.29 is 13.9 Å². The second-order valence-electron chi connectivity index (χ2n) is 9.44. The zero-order valence-corrected chi connectivity index (χ0v) is 18.4. The molecule has 0 bridgehead atoms. The largest absolute Gasteiger partial charge is 0.381 e. The topological polar surface area (TPSA) is 38.3 Å². The van der Waals surface area contributed by atoms with Crippen molar-refractivity contribution >= 4 is 29.3 Å². The van der Waals surface area contributed by atoms with Gasteiger partial charge in [0.25, 0.3) is 0 Å². The van der Waals surface area contributed by atoms with Gasteiger partial charge in [-0.05, 0) is 76.5 Å². The summed E-state index contributed by atoms with van der Waals surface area (Å²) in [6.45, 7) is 1.60. The highest BCUT2D eigenvalue weighted by Gasteiger charge is 2.47. The second kappa shape index (κ2) is 9.43. The summed E-state index contributed by atoms with van der Waals surface area (Å²) in [5.41, 5.74) is 0. The Balaban J connectivity index is 1.36. The summed E-state index contributed by atoms with van der Waals surface area (Å²) >= 11 is 8.45. The molecular weight excluding hydrogens is 397 g/mol. The molecular formula is C22H35ClFNO2S. The van der Waals surface area contributed by atoms with Gasteiger partial charge >= 0.3 is 0 Å². The molecule has 3 nitrogen and oxygen atoms in total. The highest BCUT2D eigenvalue weighted by Crippen LogP contribution is 2.51. The molecule has 3 atom stereocenters. The van der Waals surface area contributed by atoms with E-state index in [1.807, 2.05) is 0 Å². The molecule has 28 heavy (non-hydrogen) atoms. The Hall–Kier alpha value is -0.0000000000000000833. The van der Waals surface area contributed by atoms with E-state index in [9.17, 15) is 4.79 Å². The van der Waals surface area contributed by atoms with Crippen LogP contribution in [0.25, 0.3) is 0 Å². The van der Waals surface area contributed by atoms with Crippen LogP contribution in [0.15, 0.2) is 0 Å². The van der Waals surface area contributed by atoms with Crippen molar-refractivity contribution in [2.75, 3.05) is 13.2 Å². The summed E-state index contributed by atoms with van der Waals surface area (Å²) in [6.07, 6.45) is 11.2. The zero-order valence-electron chi connectivity index (χ0n) is 16.8. The van der Waals surface area contributed by atoms with Crippen LogP contribution in [0.3, 0.4) is 0 Å². The Morgan fingerprint density at radius 1 is 1.04 bits per heavy atom. The standard InChI is InChI=1S/C22H35ClFNO2S/c23-17-5-7-18(8-6-17)28-22(10-12-27-13-11-22)16-4-9-20(19(24)14-16)25-21(26)15-2-1-3-15/h15-20H,1-14H2,(H,25,26). The molecule has 1 N–H and O–H groups in total. The average molecular weight is 432 g/mol. The van der Waals surface area contributed by atoms with Gasteiger partial charge in [0, 0.05) is 34.5 Å². The number of halogens is 2. The molecule has 3 saturated carbocycles. The molecule has 1 amide bonds.